The summed E-state index contributed by atoms with van der Waals surface area (Å²) in [6, 6.07) is 8.87. The van der Waals surface area contributed by atoms with Crippen LogP contribution in [-0.2, 0) is 0 Å². The van der Waals surface area contributed by atoms with Gasteiger partial charge >= 0.3 is 5.63 Å². The standard InChI is InChI=1S/C18H22O3S/c1-2-3-4-5-6-9-12-22-18(20)15-13-14-10-7-8-11-16(14)21-17(15)19/h7-8,10-11,13H,2-6,9,12H2,1H3. The normalized spacial score (nSPS) is 11.0. The van der Waals surface area contributed by atoms with E-state index < -0.39 is 5.63 Å². The van der Waals surface area contributed by atoms with Crippen molar-refractivity contribution in [1.29, 1.82) is 0 Å². The summed E-state index contributed by atoms with van der Waals surface area (Å²) < 4.78 is 5.20. The van der Waals surface area contributed by atoms with Crippen molar-refractivity contribution in [2.45, 2.75) is 45.4 Å². The van der Waals surface area contributed by atoms with Crippen molar-refractivity contribution >= 4 is 27.8 Å². The van der Waals surface area contributed by atoms with Crippen molar-refractivity contribution in [2.75, 3.05) is 5.75 Å². The molecule has 3 nitrogen and oxygen atoms in total. The van der Waals surface area contributed by atoms with Gasteiger partial charge in [0.15, 0.2) is 0 Å². The molecule has 0 unspecified atom stereocenters. The first kappa shape index (κ1) is 16.8. The van der Waals surface area contributed by atoms with Gasteiger partial charge < -0.3 is 4.42 Å². The molecule has 1 heterocycles. The fraction of sp³-hybridized carbons (Fsp3) is 0.444. The predicted molar refractivity (Wildman–Crippen MR) is 92.6 cm³/mol. The summed E-state index contributed by atoms with van der Waals surface area (Å²) in [4.78, 5) is 24.0. The number of carbonyl (C=O) groups excluding carboxylic acids is 1. The van der Waals surface area contributed by atoms with E-state index in [-0.39, 0.29) is 10.7 Å². The highest BCUT2D eigenvalue weighted by atomic mass is 32.2. The molecular formula is C18H22O3S. The molecule has 0 saturated heterocycles. The molecule has 0 fully saturated rings. The molecule has 118 valence electrons. The van der Waals surface area contributed by atoms with Crippen molar-refractivity contribution in [1.82, 2.24) is 0 Å². The molecule has 0 saturated carbocycles. The van der Waals surface area contributed by atoms with Crippen LogP contribution in [0.25, 0.3) is 11.0 Å². The predicted octanol–water partition coefficient (Wildman–Crippen LogP) is 5.03. The smallest absolute Gasteiger partial charge is 0.348 e. The highest BCUT2D eigenvalue weighted by Crippen LogP contribution is 2.17. The number of thioether (sulfide) groups is 1. The van der Waals surface area contributed by atoms with Crippen LogP contribution in [0.4, 0.5) is 0 Å². The van der Waals surface area contributed by atoms with Crippen LogP contribution >= 0.6 is 11.8 Å². The second-order valence-electron chi connectivity index (χ2n) is 5.39. The van der Waals surface area contributed by atoms with Crippen LogP contribution in [0.1, 0.15) is 55.8 Å². The maximum absolute atomic E-state index is 12.1. The molecule has 4 heteroatoms. The summed E-state index contributed by atoms with van der Waals surface area (Å²) >= 11 is 1.22. The Kier molecular flexibility index (Phi) is 6.72. The van der Waals surface area contributed by atoms with Gasteiger partial charge in [0.2, 0.25) is 5.12 Å². The van der Waals surface area contributed by atoms with E-state index in [0.717, 1.165) is 24.0 Å². The quantitative estimate of drug-likeness (QED) is 0.506. The number of hydrogen-bond acceptors (Lipinski definition) is 4. The maximum atomic E-state index is 12.1. The molecule has 0 N–H and O–H groups in total. The first-order chi connectivity index (χ1) is 10.7. The van der Waals surface area contributed by atoms with Crippen molar-refractivity contribution < 1.29 is 9.21 Å². The molecule has 22 heavy (non-hydrogen) atoms. The molecule has 0 bridgehead atoms. The van der Waals surface area contributed by atoms with Gasteiger partial charge in [-0.25, -0.2) is 4.79 Å². The molecule has 1 aromatic heterocycles. The zero-order valence-corrected chi connectivity index (χ0v) is 13.8. The first-order valence-electron chi connectivity index (χ1n) is 7.92. The van der Waals surface area contributed by atoms with Crippen LogP contribution in [0.3, 0.4) is 0 Å². The second-order valence-corrected chi connectivity index (χ2v) is 6.46. The SMILES string of the molecule is CCCCCCCCSC(=O)c1cc2ccccc2oc1=O. The Morgan fingerprint density at radius 3 is 2.64 bits per heavy atom. The molecule has 0 atom stereocenters. The summed E-state index contributed by atoms with van der Waals surface area (Å²) in [5, 5.41) is 0.596. The monoisotopic (exact) mass is 318 g/mol. The molecule has 0 radical (unpaired) electrons. The number of rotatable bonds is 8. The summed E-state index contributed by atoms with van der Waals surface area (Å²) in [6.07, 6.45) is 7.17. The van der Waals surface area contributed by atoms with E-state index in [4.69, 9.17) is 4.42 Å². The van der Waals surface area contributed by atoms with Crippen molar-refractivity contribution in [2.24, 2.45) is 0 Å². The van der Waals surface area contributed by atoms with Gasteiger partial charge in [0.05, 0.1) is 0 Å². The lowest BCUT2D eigenvalue weighted by Gasteiger charge is -2.02. The van der Waals surface area contributed by atoms with E-state index in [1.165, 1.54) is 37.4 Å². The van der Waals surface area contributed by atoms with Gasteiger partial charge in [-0.15, -0.1) is 0 Å². The molecule has 2 aromatic rings. The number of unbranched alkanes of at least 4 members (excludes halogenated alkanes) is 5. The molecule has 1 aromatic carbocycles. The van der Waals surface area contributed by atoms with Crippen LogP contribution in [0.15, 0.2) is 39.5 Å². The molecule has 0 aliphatic carbocycles. The van der Waals surface area contributed by atoms with Crippen molar-refractivity contribution in [3.05, 3.63) is 46.3 Å². The van der Waals surface area contributed by atoms with Gasteiger partial charge in [0.1, 0.15) is 11.1 Å². The van der Waals surface area contributed by atoms with E-state index in [0.29, 0.717) is 5.58 Å². The zero-order chi connectivity index (χ0) is 15.8. The number of fused-ring (bicyclic) bond motifs is 1. The molecule has 0 spiro atoms. The molecule has 2 rings (SSSR count). The van der Waals surface area contributed by atoms with E-state index in [1.807, 2.05) is 12.1 Å². The van der Waals surface area contributed by atoms with Gasteiger partial charge in [0, 0.05) is 11.1 Å². The van der Waals surface area contributed by atoms with Crippen molar-refractivity contribution in [3.8, 4) is 0 Å². The van der Waals surface area contributed by atoms with Gasteiger partial charge in [-0.05, 0) is 18.6 Å². The highest BCUT2D eigenvalue weighted by Gasteiger charge is 2.13. The van der Waals surface area contributed by atoms with Crippen LogP contribution in [0.2, 0.25) is 0 Å². The van der Waals surface area contributed by atoms with Crippen LogP contribution in [-0.4, -0.2) is 10.9 Å². The van der Waals surface area contributed by atoms with E-state index in [2.05, 4.69) is 6.92 Å². The minimum absolute atomic E-state index is 0.148. The number of carbonyl (C=O) groups is 1. The average molecular weight is 318 g/mol. The lowest BCUT2D eigenvalue weighted by Crippen LogP contribution is -2.11. The van der Waals surface area contributed by atoms with Gasteiger partial charge in [-0.3, -0.25) is 4.79 Å². The van der Waals surface area contributed by atoms with Crippen molar-refractivity contribution in [3.63, 3.8) is 0 Å². The third-order valence-corrected chi connectivity index (χ3v) is 4.57. The summed E-state index contributed by atoms with van der Waals surface area (Å²) in [5.41, 5.74) is 0.124. The Morgan fingerprint density at radius 2 is 1.82 bits per heavy atom. The highest BCUT2D eigenvalue weighted by molar-refractivity contribution is 8.14. The third kappa shape index (κ3) is 4.73. The Bertz CT molecular complexity index is 675. The Balaban J connectivity index is 1.87. The maximum Gasteiger partial charge on any atom is 0.348 e. The summed E-state index contributed by atoms with van der Waals surface area (Å²) in [5.74, 6) is 0.761. The van der Waals surface area contributed by atoms with E-state index >= 15 is 0 Å². The number of hydrogen-bond donors (Lipinski definition) is 0. The van der Waals surface area contributed by atoms with E-state index in [1.54, 1.807) is 18.2 Å². The second kappa shape index (κ2) is 8.79. The Labute approximate surface area is 135 Å². The molecule has 0 amide bonds. The first-order valence-corrected chi connectivity index (χ1v) is 8.91. The summed E-state index contributed by atoms with van der Waals surface area (Å²) in [7, 11) is 0. The van der Waals surface area contributed by atoms with Crippen LogP contribution in [0.5, 0.6) is 0 Å². The Morgan fingerprint density at radius 1 is 1.09 bits per heavy atom. The fourth-order valence-corrected chi connectivity index (χ4v) is 3.16. The lowest BCUT2D eigenvalue weighted by atomic mass is 10.1. The minimum Gasteiger partial charge on any atom is -0.422 e. The molecule has 0 aliphatic heterocycles. The number of benzene rings is 1. The minimum atomic E-state index is -0.542. The largest absolute Gasteiger partial charge is 0.422 e. The summed E-state index contributed by atoms with van der Waals surface area (Å²) in [6.45, 7) is 2.20. The van der Waals surface area contributed by atoms with Gasteiger partial charge in [-0.2, -0.15) is 0 Å². The lowest BCUT2D eigenvalue weighted by molar-refractivity contribution is 0.108. The zero-order valence-electron chi connectivity index (χ0n) is 13.0. The van der Waals surface area contributed by atoms with Gasteiger partial charge in [-0.1, -0.05) is 69.0 Å². The van der Waals surface area contributed by atoms with Crippen LogP contribution in [0, 0.1) is 0 Å². The third-order valence-electron chi connectivity index (χ3n) is 3.59. The Hall–Kier alpha value is -1.55. The van der Waals surface area contributed by atoms with Gasteiger partial charge in [0.25, 0.3) is 0 Å². The fourth-order valence-electron chi connectivity index (χ4n) is 2.33. The average Bonchev–Trinajstić information content (AvgIpc) is 2.53. The molecular weight excluding hydrogens is 296 g/mol. The number of para-hydroxylation sites is 1. The molecule has 0 aliphatic rings. The van der Waals surface area contributed by atoms with Crippen LogP contribution < -0.4 is 5.63 Å². The topological polar surface area (TPSA) is 47.3 Å². The van der Waals surface area contributed by atoms with E-state index in [9.17, 15) is 9.59 Å².